The number of benzene rings is 1. The first kappa shape index (κ1) is 23.7. The normalized spacial score (nSPS) is 10.8. The van der Waals surface area contributed by atoms with E-state index in [1.54, 1.807) is 6.92 Å². The molecule has 1 amide bonds. The van der Waals surface area contributed by atoms with Crippen LogP contribution in [0.25, 0.3) is 11.3 Å². The first-order chi connectivity index (χ1) is 14.5. The molecule has 0 saturated heterocycles. The predicted molar refractivity (Wildman–Crippen MR) is 122 cm³/mol. The van der Waals surface area contributed by atoms with E-state index < -0.39 is 0 Å². The quantitative estimate of drug-likeness (QED) is 0.466. The van der Waals surface area contributed by atoms with Gasteiger partial charge in [0, 0.05) is 18.8 Å². The van der Waals surface area contributed by atoms with Crippen LogP contribution in [0.3, 0.4) is 0 Å². The van der Waals surface area contributed by atoms with Gasteiger partial charge in [0.25, 0.3) is 0 Å². The molecule has 0 N–H and O–H groups in total. The van der Waals surface area contributed by atoms with Crippen LogP contribution < -0.4 is 0 Å². The topological polar surface area (TPSA) is 51.5 Å². The molecule has 0 bridgehead atoms. The van der Waals surface area contributed by atoms with E-state index in [9.17, 15) is 9.59 Å². The smallest absolute Gasteiger partial charge is 0.340 e. The van der Waals surface area contributed by atoms with E-state index in [4.69, 9.17) is 4.74 Å². The average Bonchev–Trinajstić information content (AvgIpc) is 2.98. The predicted octanol–water partition coefficient (Wildman–Crippen LogP) is 5.38. The summed E-state index contributed by atoms with van der Waals surface area (Å²) in [4.78, 5) is 27.9. The van der Waals surface area contributed by atoms with E-state index in [1.165, 1.54) is 0 Å². The molecule has 30 heavy (non-hydrogen) atoms. The number of esters is 1. The zero-order chi connectivity index (χ0) is 22.1. The molecule has 0 unspecified atom stereocenters. The van der Waals surface area contributed by atoms with Crippen molar-refractivity contribution in [2.75, 3.05) is 19.7 Å². The summed E-state index contributed by atoms with van der Waals surface area (Å²) in [6.45, 7) is 12.0. The van der Waals surface area contributed by atoms with Crippen LogP contribution in [0.1, 0.15) is 68.1 Å². The summed E-state index contributed by atoms with van der Waals surface area (Å²) in [5, 5.41) is 0. The highest BCUT2D eigenvalue weighted by Gasteiger charge is 2.26. The number of aromatic nitrogens is 1. The summed E-state index contributed by atoms with van der Waals surface area (Å²) in [6.07, 6.45) is 4.11. The Morgan fingerprint density at radius 1 is 0.967 bits per heavy atom. The Hall–Kier alpha value is -2.56. The lowest BCUT2D eigenvalue weighted by Gasteiger charge is -2.24. The first-order valence-electron chi connectivity index (χ1n) is 11.2. The molecule has 2 aromatic rings. The standard InChI is InChI=1S/C25H36N2O3/c1-6-9-16-26(17-10-7-2)22(28)18-27-20(5)23(25(29)30-8-3)19(4)24(27)21-14-12-11-13-15-21/h11-15H,6-10,16-18H2,1-5H3. The SMILES string of the molecule is CCCCN(CCCC)C(=O)Cn1c(C)c(C(=O)OCC)c(C)c1-c1ccccc1. The van der Waals surface area contributed by atoms with E-state index in [-0.39, 0.29) is 18.4 Å². The zero-order valence-electron chi connectivity index (χ0n) is 19.2. The van der Waals surface area contributed by atoms with Gasteiger partial charge in [0.2, 0.25) is 5.91 Å². The molecule has 0 aliphatic heterocycles. The molecular weight excluding hydrogens is 376 g/mol. The fourth-order valence-corrected chi connectivity index (χ4v) is 3.86. The van der Waals surface area contributed by atoms with Gasteiger partial charge in [-0.25, -0.2) is 4.79 Å². The highest BCUT2D eigenvalue weighted by molar-refractivity contribution is 5.95. The summed E-state index contributed by atoms with van der Waals surface area (Å²) in [6, 6.07) is 9.95. The molecule has 0 radical (unpaired) electrons. The van der Waals surface area contributed by atoms with Gasteiger partial charge in [0.15, 0.2) is 0 Å². The van der Waals surface area contributed by atoms with Gasteiger partial charge in [-0.05, 0) is 44.7 Å². The van der Waals surface area contributed by atoms with Crippen LogP contribution in [-0.4, -0.2) is 41.0 Å². The molecule has 1 aromatic heterocycles. The van der Waals surface area contributed by atoms with Crippen LogP contribution in [0.2, 0.25) is 0 Å². The molecule has 1 heterocycles. The fourth-order valence-electron chi connectivity index (χ4n) is 3.86. The minimum Gasteiger partial charge on any atom is -0.462 e. The van der Waals surface area contributed by atoms with Crippen LogP contribution in [0.5, 0.6) is 0 Å². The van der Waals surface area contributed by atoms with E-state index in [2.05, 4.69) is 13.8 Å². The third-order valence-corrected chi connectivity index (χ3v) is 5.50. The van der Waals surface area contributed by atoms with Gasteiger partial charge in [0.05, 0.1) is 17.9 Å². The maximum absolute atomic E-state index is 13.3. The number of ether oxygens (including phenoxy) is 1. The van der Waals surface area contributed by atoms with Crippen molar-refractivity contribution in [2.45, 2.75) is 66.8 Å². The molecule has 0 fully saturated rings. The van der Waals surface area contributed by atoms with Crippen LogP contribution in [0, 0.1) is 13.8 Å². The van der Waals surface area contributed by atoms with Crippen molar-refractivity contribution >= 4 is 11.9 Å². The number of amides is 1. The van der Waals surface area contributed by atoms with Gasteiger partial charge < -0.3 is 14.2 Å². The lowest BCUT2D eigenvalue weighted by molar-refractivity contribution is -0.132. The molecule has 164 valence electrons. The number of hydrogen-bond acceptors (Lipinski definition) is 3. The first-order valence-corrected chi connectivity index (χ1v) is 11.2. The molecule has 0 saturated carbocycles. The maximum atomic E-state index is 13.3. The molecule has 5 heteroatoms. The molecule has 0 aliphatic carbocycles. The third-order valence-electron chi connectivity index (χ3n) is 5.50. The van der Waals surface area contributed by atoms with Crippen LogP contribution in [-0.2, 0) is 16.1 Å². The Balaban J connectivity index is 2.47. The molecule has 0 aliphatic rings. The average molecular weight is 413 g/mol. The minimum absolute atomic E-state index is 0.0996. The van der Waals surface area contributed by atoms with Gasteiger partial charge in [-0.2, -0.15) is 0 Å². The van der Waals surface area contributed by atoms with Crippen molar-refractivity contribution in [3.8, 4) is 11.3 Å². The molecule has 5 nitrogen and oxygen atoms in total. The highest BCUT2D eigenvalue weighted by Crippen LogP contribution is 2.32. The lowest BCUT2D eigenvalue weighted by atomic mass is 10.1. The van der Waals surface area contributed by atoms with Crippen molar-refractivity contribution in [3.05, 3.63) is 47.2 Å². The van der Waals surface area contributed by atoms with Crippen LogP contribution in [0.15, 0.2) is 30.3 Å². The van der Waals surface area contributed by atoms with E-state index >= 15 is 0 Å². The lowest BCUT2D eigenvalue weighted by Crippen LogP contribution is -2.35. The number of nitrogens with zero attached hydrogens (tertiary/aromatic N) is 2. The van der Waals surface area contributed by atoms with E-state index in [1.807, 2.05) is 53.6 Å². The number of carbonyl (C=O) groups is 2. The molecule has 2 rings (SSSR count). The van der Waals surface area contributed by atoms with E-state index in [0.717, 1.165) is 61.3 Å². The number of rotatable bonds is 11. The number of hydrogen-bond donors (Lipinski definition) is 0. The third kappa shape index (κ3) is 5.53. The summed E-state index contributed by atoms with van der Waals surface area (Å²) in [5.41, 5.74) is 4.12. The van der Waals surface area contributed by atoms with Crippen molar-refractivity contribution < 1.29 is 14.3 Å². The fraction of sp³-hybridized carbons (Fsp3) is 0.520. The molecule has 0 spiro atoms. The Morgan fingerprint density at radius 3 is 2.10 bits per heavy atom. The Bertz CT molecular complexity index is 832. The second-order valence-electron chi connectivity index (χ2n) is 7.69. The molecular formula is C25H36N2O3. The van der Waals surface area contributed by atoms with Crippen LogP contribution >= 0.6 is 0 Å². The van der Waals surface area contributed by atoms with Gasteiger partial charge >= 0.3 is 5.97 Å². The van der Waals surface area contributed by atoms with Crippen molar-refractivity contribution in [1.29, 1.82) is 0 Å². The summed E-state index contributed by atoms with van der Waals surface area (Å²) in [7, 11) is 0. The summed E-state index contributed by atoms with van der Waals surface area (Å²) in [5.74, 6) is -0.229. The zero-order valence-corrected chi connectivity index (χ0v) is 19.2. The molecule has 1 aromatic carbocycles. The molecule has 0 atom stereocenters. The van der Waals surface area contributed by atoms with Crippen molar-refractivity contribution in [1.82, 2.24) is 9.47 Å². The Kier molecular flexibility index (Phi) is 9.15. The highest BCUT2D eigenvalue weighted by atomic mass is 16.5. The van der Waals surface area contributed by atoms with Gasteiger partial charge in [-0.3, -0.25) is 4.79 Å². The Labute approximate surface area is 181 Å². The largest absolute Gasteiger partial charge is 0.462 e. The Morgan fingerprint density at radius 2 is 1.57 bits per heavy atom. The van der Waals surface area contributed by atoms with Gasteiger partial charge in [-0.1, -0.05) is 57.0 Å². The van der Waals surface area contributed by atoms with E-state index in [0.29, 0.717) is 12.2 Å². The second-order valence-corrected chi connectivity index (χ2v) is 7.69. The number of unbranched alkanes of at least 4 members (excludes halogenated alkanes) is 2. The number of carbonyl (C=O) groups excluding carboxylic acids is 2. The second kappa shape index (κ2) is 11.6. The van der Waals surface area contributed by atoms with Gasteiger partial charge in [-0.15, -0.1) is 0 Å². The minimum atomic E-state index is -0.329. The maximum Gasteiger partial charge on any atom is 0.340 e. The monoisotopic (exact) mass is 412 g/mol. The van der Waals surface area contributed by atoms with Crippen LogP contribution in [0.4, 0.5) is 0 Å². The van der Waals surface area contributed by atoms with Gasteiger partial charge in [0.1, 0.15) is 6.54 Å². The summed E-state index contributed by atoms with van der Waals surface area (Å²) < 4.78 is 7.30. The van der Waals surface area contributed by atoms with Crippen molar-refractivity contribution in [2.24, 2.45) is 0 Å². The summed E-state index contributed by atoms with van der Waals surface area (Å²) >= 11 is 0. The van der Waals surface area contributed by atoms with Crippen molar-refractivity contribution in [3.63, 3.8) is 0 Å².